The number of fused-ring (bicyclic) bond motifs is 2. The molecule has 0 fully saturated rings. The van der Waals surface area contributed by atoms with Crippen LogP contribution in [0.1, 0.15) is 12.5 Å². The van der Waals surface area contributed by atoms with Crippen molar-refractivity contribution < 1.29 is 14.3 Å². The van der Waals surface area contributed by atoms with Crippen LogP contribution in [-0.4, -0.2) is 22.7 Å². The molecule has 1 aromatic heterocycles. The van der Waals surface area contributed by atoms with Gasteiger partial charge in [-0.1, -0.05) is 36.4 Å². The van der Waals surface area contributed by atoms with Crippen molar-refractivity contribution in [3.8, 4) is 5.75 Å². The van der Waals surface area contributed by atoms with Gasteiger partial charge in [-0.05, 0) is 42.0 Å². The van der Waals surface area contributed by atoms with Crippen molar-refractivity contribution in [3.63, 3.8) is 0 Å². The predicted octanol–water partition coefficient (Wildman–Crippen LogP) is 3.23. The Morgan fingerprint density at radius 1 is 0.968 bits per heavy atom. The molecule has 0 saturated carbocycles. The van der Waals surface area contributed by atoms with Crippen LogP contribution in [0.25, 0.3) is 21.8 Å². The summed E-state index contributed by atoms with van der Waals surface area (Å²) in [7, 11) is 0. The monoisotopic (exact) mass is 413 g/mol. The summed E-state index contributed by atoms with van der Waals surface area (Å²) < 4.78 is 6.84. The van der Waals surface area contributed by atoms with E-state index in [4.69, 9.17) is 4.74 Å². The quantitative estimate of drug-likeness (QED) is 0.179. The molecule has 0 radical (unpaired) electrons. The van der Waals surface area contributed by atoms with Crippen LogP contribution in [0.15, 0.2) is 82.7 Å². The molecule has 7 nitrogen and oxygen atoms in total. The predicted molar refractivity (Wildman–Crippen MR) is 119 cm³/mol. The average molecular weight is 413 g/mol. The molecule has 31 heavy (non-hydrogen) atoms. The fraction of sp³-hybridized carbons (Fsp3) is 0.0833. The molecule has 0 unspecified atom stereocenters. The maximum absolute atomic E-state index is 12.8. The zero-order valence-corrected chi connectivity index (χ0v) is 16.7. The van der Waals surface area contributed by atoms with Crippen molar-refractivity contribution >= 4 is 39.9 Å². The second-order valence-electron chi connectivity index (χ2n) is 6.91. The molecule has 1 heterocycles. The molecule has 0 aliphatic carbocycles. The zero-order chi connectivity index (χ0) is 21.8. The highest BCUT2D eigenvalue weighted by Gasteiger charge is 2.12. The largest absolute Gasteiger partial charge is 0.427 e. The van der Waals surface area contributed by atoms with Crippen molar-refractivity contribution in [2.24, 2.45) is 5.10 Å². The Hall–Kier alpha value is -4.26. The lowest BCUT2D eigenvalue weighted by molar-refractivity contribution is -0.131. The van der Waals surface area contributed by atoms with Gasteiger partial charge in [-0.15, -0.1) is 0 Å². The van der Waals surface area contributed by atoms with Gasteiger partial charge in [0.25, 0.3) is 5.91 Å². The Morgan fingerprint density at radius 3 is 2.26 bits per heavy atom. The van der Waals surface area contributed by atoms with Gasteiger partial charge in [0.2, 0.25) is 0 Å². The molecule has 1 N–H and O–H groups in total. The molecule has 154 valence electrons. The van der Waals surface area contributed by atoms with E-state index in [1.165, 1.54) is 13.1 Å². The first kappa shape index (κ1) is 20.0. The number of aromatic nitrogens is 1. The van der Waals surface area contributed by atoms with E-state index in [9.17, 15) is 14.4 Å². The van der Waals surface area contributed by atoms with E-state index in [-0.39, 0.29) is 17.9 Å². The molecule has 0 bridgehead atoms. The lowest BCUT2D eigenvalue weighted by Crippen LogP contribution is -2.25. The van der Waals surface area contributed by atoms with Crippen molar-refractivity contribution in [2.45, 2.75) is 13.5 Å². The summed E-state index contributed by atoms with van der Waals surface area (Å²) >= 11 is 0. The summed E-state index contributed by atoms with van der Waals surface area (Å²) in [6.07, 6.45) is 1.46. The minimum Gasteiger partial charge on any atom is -0.427 e. The first-order valence-corrected chi connectivity index (χ1v) is 9.63. The average Bonchev–Trinajstić information content (AvgIpc) is 2.76. The number of carbonyl (C=O) groups is 2. The van der Waals surface area contributed by atoms with Gasteiger partial charge < -0.3 is 9.30 Å². The normalized spacial score (nSPS) is 11.1. The second-order valence-corrected chi connectivity index (χ2v) is 6.91. The molecule has 1 amide bonds. The van der Waals surface area contributed by atoms with E-state index in [0.29, 0.717) is 33.1 Å². The van der Waals surface area contributed by atoms with E-state index in [2.05, 4.69) is 10.5 Å². The van der Waals surface area contributed by atoms with E-state index in [1.54, 1.807) is 53.1 Å². The molecule has 0 saturated heterocycles. The van der Waals surface area contributed by atoms with Gasteiger partial charge in [0.15, 0.2) is 5.43 Å². The molecule has 0 atom stereocenters. The summed E-state index contributed by atoms with van der Waals surface area (Å²) in [5.41, 5.74) is 4.47. The Balaban J connectivity index is 1.58. The Kier molecular flexibility index (Phi) is 5.57. The third-order valence-corrected chi connectivity index (χ3v) is 4.70. The number of carbonyl (C=O) groups excluding carboxylic acids is 2. The van der Waals surface area contributed by atoms with Crippen molar-refractivity contribution in [1.29, 1.82) is 0 Å². The van der Waals surface area contributed by atoms with Crippen molar-refractivity contribution in [2.75, 3.05) is 0 Å². The summed E-state index contributed by atoms with van der Waals surface area (Å²) in [6, 6.07) is 21.2. The molecule has 0 aliphatic rings. The second kappa shape index (κ2) is 8.62. The standard InChI is InChI=1S/C24H19N3O4/c1-16(28)31-18-8-6-7-17(13-18)14-25-26-23(29)15-27-21-11-4-2-9-19(21)24(30)20-10-3-5-12-22(20)27/h2-14H,15H2,1H3,(H,26,29)/b25-14-. The van der Waals surface area contributed by atoms with Crippen molar-refractivity contribution in [1.82, 2.24) is 9.99 Å². The minimum atomic E-state index is -0.414. The number of esters is 1. The SMILES string of the molecule is CC(=O)Oc1cccc(/C=N\NC(=O)Cn2c3ccccc3c(=O)c3ccccc32)c1. The van der Waals surface area contributed by atoms with Crippen molar-refractivity contribution in [3.05, 3.63) is 88.6 Å². The maximum Gasteiger partial charge on any atom is 0.308 e. The number of pyridine rings is 1. The number of hydrogen-bond donors (Lipinski definition) is 1. The van der Waals surface area contributed by atoms with Crippen LogP contribution in [0.5, 0.6) is 5.75 Å². The number of rotatable bonds is 5. The molecule has 7 heteroatoms. The first-order chi connectivity index (χ1) is 15.0. The summed E-state index contributed by atoms with van der Waals surface area (Å²) in [5.74, 6) is -0.358. The van der Waals surface area contributed by atoms with Crippen LogP contribution >= 0.6 is 0 Å². The molecule has 4 rings (SSSR count). The van der Waals surface area contributed by atoms with Crippen LogP contribution in [0.4, 0.5) is 0 Å². The van der Waals surface area contributed by atoms with E-state index < -0.39 is 5.97 Å². The molecule has 0 spiro atoms. The zero-order valence-electron chi connectivity index (χ0n) is 16.7. The number of hydrogen-bond acceptors (Lipinski definition) is 5. The number of ether oxygens (including phenoxy) is 1. The lowest BCUT2D eigenvalue weighted by Gasteiger charge is -2.14. The third kappa shape index (κ3) is 4.35. The van der Waals surface area contributed by atoms with Crippen LogP contribution < -0.4 is 15.6 Å². The summed E-state index contributed by atoms with van der Waals surface area (Å²) in [5, 5.41) is 5.11. The fourth-order valence-corrected chi connectivity index (χ4v) is 3.43. The van der Waals surface area contributed by atoms with Gasteiger partial charge in [-0.25, -0.2) is 5.43 Å². The molecule has 4 aromatic rings. The van der Waals surface area contributed by atoms with Gasteiger partial charge in [0.05, 0.1) is 17.2 Å². The van der Waals surface area contributed by atoms with E-state index in [0.717, 1.165) is 0 Å². The summed E-state index contributed by atoms with van der Waals surface area (Å²) in [6.45, 7) is 1.32. The van der Waals surface area contributed by atoms with Gasteiger partial charge in [0.1, 0.15) is 12.3 Å². The Labute approximate surface area is 177 Å². The highest BCUT2D eigenvalue weighted by molar-refractivity contribution is 5.95. The number of para-hydroxylation sites is 2. The van der Waals surface area contributed by atoms with Crippen LogP contribution in [0, 0.1) is 0 Å². The Morgan fingerprint density at radius 2 is 1.61 bits per heavy atom. The lowest BCUT2D eigenvalue weighted by atomic mass is 10.1. The van der Waals surface area contributed by atoms with Crippen LogP contribution in [0.2, 0.25) is 0 Å². The molecule has 3 aromatic carbocycles. The Bertz CT molecular complexity index is 1330. The summed E-state index contributed by atoms with van der Waals surface area (Å²) in [4.78, 5) is 36.4. The smallest absolute Gasteiger partial charge is 0.308 e. The minimum absolute atomic E-state index is 0.00780. The van der Waals surface area contributed by atoms with Gasteiger partial charge >= 0.3 is 5.97 Å². The van der Waals surface area contributed by atoms with Crippen LogP contribution in [0.3, 0.4) is 0 Å². The maximum atomic E-state index is 12.8. The fourth-order valence-electron chi connectivity index (χ4n) is 3.43. The molecular formula is C24H19N3O4. The van der Waals surface area contributed by atoms with Crippen LogP contribution in [-0.2, 0) is 16.1 Å². The number of hydrazone groups is 1. The number of amides is 1. The van der Waals surface area contributed by atoms with E-state index in [1.807, 2.05) is 24.3 Å². The highest BCUT2D eigenvalue weighted by Crippen LogP contribution is 2.19. The molecular weight excluding hydrogens is 394 g/mol. The number of nitrogens with zero attached hydrogens (tertiary/aromatic N) is 2. The van der Waals surface area contributed by atoms with E-state index >= 15 is 0 Å². The highest BCUT2D eigenvalue weighted by atomic mass is 16.5. The third-order valence-electron chi connectivity index (χ3n) is 4.70. The number of benzene rings is 3. The first-order valence-electron chi connectivity index (χ1n) is 9.63. The number of nitrogens with one attached hydrogen (secondary N) is 1. The van der Waals surface area contributed by atoms with Gasteiger partial charge in [-0.3, -0.25) is 14.4 Å². The molecule has 0 aliphatic heterocycles. The topological polar surface area (TPSA) is 89.8 Å². The van der Waals surface area contributed by atoms with Gasteiger partial charge in [0, 0.05) is 17.7 Å². The van der Waals surface area contributed by atoms with Gasteiger partial charge in [-0.2, -0.15) is 5.10 Å².